The first kappa shape index (κ1) is 22.9. The third-order valence-corrected chi connectivity index (χ3v) is 5.85. The second-order valence-corrected chi connectivity index (χ2v) is 8.02. The maximum Gasteiger partial charge on any atom is 0.336 e. The fraction of sp³-hybridized carbons (Fsp3) is 0.174. The van der Waals surface area contributed by atoms with Crippen LogP contribution in [0.5, 0.6) is 11.5 Å². The van der Waals surface area contributed by atoms with Gasteiger partial charge in [0.25, 0.3) is 0 Å². The summed E-state index contributed by atoms with van der Waals surface area (Å²) in [5, 5.41) is 12.8. The van der Waals surface area contributed by atoms with Gasteiger partial charge in [-0.25, -0.2) is 9.18 Å². The lowest BCUT2D eigenvalue weighted by Crippen LogP contribution is -2.07. The molecule has 2 N–H and O–H groups in total. The number of nitrogens with one attached hydrogen (secondary N) is 1. The highest BCUT2D eigenvalue weighted by Gasteiger charge is 2.14. The average Bonchev–Trinajstić information content (AvgIpc) is 2.73. The van der Waals surface area contributed by atoms with Gasteiger partial charge in [-0.15, -0.1) is 0 Å². The van der Waals surface area contributed by atoms with Crippen molar-refractivity contribution in [2.75, 3.05) is 12.4 Å². The molecule has 0 fully saturated rings. The molecular weight excluding hydrogens is 489 g/mol. The summed E-state index contributed by atoms with van der Waals surface area (Å²) in [6.07, 6.45) is 0. The molecule has 0 spiro atoms. The van der Waals surface area contributed by atoms with Crippen molar-refractivity contribution in [1.82, 2.24) is 0 Å². The van der Waals surface area contributed by atoms with E-state index in [4.69, 9.17) is 21.1 Å². The third kappa shape index (κ3) is 5.48. The van der Waals surface area contributed by atoms with Gasteiger partial charge < -0.3 is 19.9 Å². The van der Waals surface area contributed by atoms with Crippen LogP contribution in [-0.2, 0) is 13.2 Å². The highest BCUT2D eigenvalue weighted by Crippen LogP contribution is 2.35. The van der Waals surface area contributed by atoms with E-state index in [0.717, 1.165) is 15.7 Å². The number of halogens is 3. The van der Waals surface area contributed by atoms with Crippen molar-refractivity contribution >= 4 is 39.2 Å². The van der Waals surface area contributed by atoms with Gasteiger partial charge >= 0.3 is 5.97 Å². The first-order valence-corrected chi connectivity index (χ1v) is 10.5. The number of carboxylic acid groups (broad SMARTS) is 1. The number of hydrogen-bond donors (Lipinski definition) is 2. The van der Waals surface area contributed by atoms with Crippen molar-refractivity contribution in [2.24, 2.45) is 0 Å². The Morgan fingerprint density at radius 3 is 2.61 bits per heavy atom. The summed E-state index contributed by atoms with van der Waals surface area (Å²) in [6.45, 7) is 2.35. The molecular formula is C23H20BrClFNO4. The lowest BCUT2D eigenvalue weighted by Gasteiger charge is -2.16. The Kier molecular flexibility index (Phi) is 7.41. The molecule has 0 amide bonds. The molecule has 0 aliphatic rings. The quantitative estimate of drug-likeness (QED) is 0.366. The van der Waals surface area contributed by atoms with Gasteiger partial charge in [0.05, 0.1) is 17.7 Å². The second kappa shape index (κ2) is 10.0. The van der Waals surface area contributed by atoms with Crippen LogP contribution < -0.4 is 14.8 Å². The lowest BCUT2D eigenvalue weighted by molar-refractivity contribution is 0.0696. The van der Waals surface area contributed by atoms with Crippen molar-refractivity contribution in [3.63, 3.8) is 0 Å². The predicted molar refractivity (Wildman–Crippen MR) is 122 cm³/mol. The minimum atomic E-state index is -0.966. The van der Waals surface area contributed by atoms with E-state index in [0.29, 0.717) is 29.2 Å². The molecule has 5 nitrogen and oxygen atoms in total. The molecule has 0 unspecified atom stereocenters. The molecule has 162 valence electrons. The van der Waals surface area contributed by atoms with Crippen LogP contribution in [0.2, 0.25) is 5.02 Å². The Labute approximate surface area is 192 Å². The largest absolute Gasteiger partial charge is 0.493 e. The van der Waals surface area contributed by atoms with Gasteiger partial charge in [-0.3, -0.25) is 0 Å². The van der Waals surface area contributed by atoms with E-state index in [1.54, 1.807) is 38.3 Å². The third-order valence-electron chi connectivity index (χ3n) is 4.76. The standard InChI is InChI=1S/C23H20BrClFNO4/c1-13-17(23(28)29)4-3-5-20(13)27-11-15-8-21(30-2)22(10-18(15)24)31-12-14-6-7-16(26)9-19(14)25/h3-10,27H,11-12H2,1-2H3,(H,28,29). The van der Waals surface area contributed by atoms with E-state index < -0.39 is 11.8 Å². The Bertz CT molecular complexity index is 1120. The molecule has 8 heteroatoms. The molecule has 0 heterocycles. The van der Waals surface area contributed by atoms with Gasteiger partial charge in [-0.2, -0.15) is 0 Å². The number of methoxy groups -OCH3 is 1. The van der Waals surface area contributed by atoms with Crippen molar-refractivity contribution in [2.45, 2.75) is 20.1 Å². The molecule has 3 aromatic rings. The van der Waals surface area contributed by atoms with Crippen molar-refractivity contribution in [3.05, 3.63) is 86.1 Å². The highest BCUT2D eigenvalue weighted by atomic mass is 79.9. The molecule has 0 radical (unpaired) electrons. The number of aromatic carboxylic acids is 1. The molecule has 3 aromatic carbocycles. The molecule has 0 aliphatic carbocycles. The van der Waals surface area contributed by atoms with Gasteiger partial charge in [0.1, 0.15) is 12.4 Å². The molecule has 0 aromatic heterocycles. The Morgan fingerprint density at radius 1 is 1.16 bits per heavy atom. The topological polar surface area (TPSA) is 67.8 Å². The minimum Gasteiger partial charge on any atom is -0.493 e. The van der Waals surface area contributed by atoms with Crippen LogP contribution in [0.1, 0.15) is 27.0 Å². The SMILES string of the molecule is COc1cc(CNc2cccc(C(=O)O)c2C)c(Br)cc1OCc1ccc(F)cc1Cl. The zero-order valence-corrected chi connectivity index (χ0v) is 19.2. The number of benzene rings is 3. The molecule has 0 aliphatic heterocycles. The van der Waals surface area contributed by atoms with Crippen LogP contribution in [0, 0.1) is 12.7 Å². The first-order chi connectivity index (χ1) is 14.8. The van der Waals surface area contributed by atoms with Crippen LogP contribution in [-0.4, -0.2) is 18.2 Å². The number of hydrogen-bond acceptors (Lipinski definition) is 4. The first-order valence-electron chi connectivity index (χ1n) is 9.30. The fourth-order valence-corrected chi connectivity index (χ4v) is 3.71. The molecule has 0 atom stereocenters. The monoisotopic (exact) mass is 507 g/mol. The van der Waals surface area contributed by atoms with E-state index in [2.05, 4.69) is 21.2 Å². The van der Waals surface area contributed by atoms with E-state index in [1.807, 2.05) is 12.1 Å². The summed E-state index contributed by atoms with van der Waals surface area (Å²) in [6, 6.07) is 12.9. The van der Waals surface area contributed by atoms with Gasteiger partial charge in [0.15, 0.2) is 11.5 Å². The molecule has 0 saturated heterocycles. The zero-order chi connectivity index (χ0) is 22.5. The Hall–Kier alpha value is -2.77. The van der Waals surface area contributed by atoms with Gasteiger partial charge in [-0.1, -0.05) is 39.7 Å². The summed E-state index contributed by atoms with van der Waals surface area (Å²) in [5.41, 5.74) is 3.20. The average molecular weight is 509 g/mol. The predicted octanol–water partition coefficient (Wildman–Crippen LogP) is 6.45. The molecule has 3 rings (SSSR count). The van der Waals surface area contributed by atoms with E-state index >= 15 is 0 Å². The van der Waals surface area contributed by atoms with Gasteiger partial charge in [-0.05, 0) is 54.4 Å². The number of anilines is 1. The highest BCUT2D eigenvalue weighted by molar-refractivity contribution is 9.10. The molecule has 31 heavy (non-hydrogen) atoms. The number of ether oxygens (including phenoxy) is 2. The summed E-state index contributed by atoms with van der Waals surface area (Å²) in [7, 11) is 1.54. The van der Waals surface area contributed by atoms with Crippen LogP contribution in [0.15, 0.2) is 53.0 Å². The summed E-state index contributed by atoms with van der Waals surface area (Å²) >= 11 is 9.61. The summed E-state index contributed by atoms with van der Waals surface area (Å²) in [5.74, 6) is -0.348. The number of carbonyl (C=O) groups is 1. The minimum absolute atomic E-state index is 0.153. The van der Waals surface area contributed by atoms with Crippen molar-refractivity contribution in [1.29, 1.82) is 0 Å². The normalized spacial score (nSPS) is 10.6. The fourth-order valence-electron chi connectivity index (χ4n) is 3.03. The van der Waals surface area contributed by atoms with Crippen molar-refractivity contribution in [3.8, 4) is 11.5 Å². The summed E-state index contributed by atoms with van der Waals surface area (Å²) < 4.78 is 25.3. The van der Waals surface area contributed by atoms with Gasteiger partial charge in [0.2, 0.25) is 0 Å². The van der Waals surface area contributed by atoms with E-state index in [-0.39, 0.29) is 17.2 Å². The Balaban J connectivity index is 1.76. The zero-order valence-electron chi connectivity index (χ0n) is 16.8. The van der Waals surface area contributed by atoms with Crippen LogP contribution >= 0.6 is 27.5 Å². The molecule has 0 bridgehead atoms. The van der Waals surface area contributed by atoms with Crippen molar-refractivity contribution < 1.29 is 23.8 Å². The summed E-state index contributed by atoms with van der Waals surface area (Å²) in [4.78, 5) is 11.3. The molecule has 0 saturated carbocycles. The number of carboxylic acids is 1. The second-order valence-electron chi connectivity index (χ2n) is 6.76. The maximum atomic E-state index is 13.2. The van der Waals surface area contributed by atoms with Gasteiger partial charge in [0, 0.05) is 22.3 Å². The maximum absolute atomic E-state index is 13.2. The van der Waals surface area contributed by atoms with E-state index in [9.17, 15) is 14.3 Å². The smallest absolute Gasteiger partial charge is 0.336 e. The Morgan fingerprint density at radius 2 is 1.94 bits per heavy atom. The number of rotatable bonds is 8. The lowest BCUT2D eigenvalue weighted by atomic mass is 10.1. The van der Waals surface area contributed by atoms with Crippen LogP contribution in [0.4, 0.5) is 10.1 Å². The van der Waals surface area contributed by atoms with E-state index in [1.165, 1.54) is 12.1 Å². The van der Waals surface area contributed by atoms with Crippen LogP contribution in [0.3, 0.4) is 0 Å². The van der Waals surface area contributed by atoms with Crippen LogP contribution in [0.25, 0.3) is 0 Å².